The molecular formula is C16H19F3N2O4. The number of amides is 1. The predicted molar refractivity (Wildman–Crippen MR) is 83.6 cm³/mol. The number of carboxylic acid groups (broad SMARTS) is 1. The summed E-state index contributed by atoms with van der Waals surface area (Å²) in [5.74, 6) is 0.00342. The van der Waals surface area contributed by atoms with Gasteiger partial charge in [0.15, 0.2) is 0 Å². The van der Waals surface area contributed by atoms with Gasteiger partial charge in [0, 0.05) is 25.7 Å². The Kier molecular flexibility index (Phi) is 6.49. The lowest BCUT2D eigenvalue weighted by molar-refractivity contribution is -0.274. The van der Waals surface area contributed by atoms with Crippen LogP contribution in [0.5, 0.6) is 5.75 Å². The number of oxime groups is 1. The van der Waals surface area contributed by atoms with Crippen LogP contribution in [0.1, 0.15) is 18.4 Å². The smallest absolute Gasteiger partial charge is 0.465 e. The largest absolute Gasteiger partial charge is 0.573 e. The maximum Gasteiger partial charge on any atom is 0.573 e. The van der Waals surface area contributed by atoms with E-state index in [9.17, 15) is 18.0 Å². The molecule has 1 fully saturated rings. The van der Waals surface area contributed by atoms with Crippen molar-refractivity contribution in [2.24, 2.45) is 11.1 Å². The minimum Gasteiger partial charge on any atom is -0.465 e. The van der Waals surface area contributed by atoms with Gasteiger partial charge in [-0.1, -0.05) is 17.3 Å². The van der Waals surface area contributed by atoms with Crippen LogP contribution >= 0.6 is 0 Å². The van der Waals surface area contributed by atoms with E-state index in [1.54, 1.807) is 0 Å². The molecule has 1 aliphatic heterocycles. The topological polar surface area (TPSA) is 71.4 Å². The second kappa shape index (κ2) is 8.59. The molecule has 1 heterocycles. The Morgan fingerprint density at radius 3 is 2.48 bits per heavy atom. The Balaban J connectivity index is 1.65. The summed E-state index contributed by atoms with van der Waals surface area (Å²) in [7, 11) is 0. The Morgan fingerprint density at radius 2 is 1.92 bits per heavy atom. The highest BCUT2D eigenvalue weighted by Crippen LogP contribution is 2.22. The first-order valence-corrected chi connectivity index (χ1v) is 7.80. The molecule has 1 N–H and O–H groups in total. The summed E-state index contributed by atoms with van der Waals surface area (Å²) in [4.78, 5) is 17.4. The lowest BCUT2D eigenvalue weighted by atomic mass is 9.98. The molecule has 0 atom stereocenters. The van der Waals surface area contributed by atoms with Crippen LogP contribution in [-0.2, 0) is 11.3 Å². The van der Waals surface area contributed by atoms with Crippen molar-refractivity contribution in [1.82, 2.24) is 4.90 Å². The molecular weight excluding hydrogens is 341 g/mol. The normalized spacial score (nSPS) is 16.2. The minimum atomic E-state index is -4.70. The van der Waals surface area contributed by atoms with Crippen molar-refractivity contribution in [2.75, 3.05) is 19.7 Å². The average Bonchev–Trinajstić information content (AvgIpc) is 2.55. The van der Waals surface area contributed by atoms with Crippen molar-refractivity contribution in [3.8, 4) is 5.75 Å². The lowest BCUT2D eigenvalue weighted by Gasteiger charge is -2.28. The van der Waals surface area contributed by atoms with E-state index in [0.717, 1.165) is 18.4 Å². The number of nitrogens with zero attached hydrogens (tertiary/aromatic N) is 2. The van der Waals surface area contributed by atoms with Gasteiger partial charge in [-0.25, -0.2) is 4.79 Å². The van der Waals surface area contributed by atoms with Gasteiger partial charge in [0.25, 0.3) is 0 Å². The van der Waals surface area contributed by atoms with Crippen molar-refractivity contribution >= 4 is 12.3 Å². The second-order valence-corrected chi connectivity index (χ2v) is 5.69. The first kappa shape index (κ1) is 18.9. The highest BCUT2D eigenvalue weighted by atomic mass is 19.4. The Morgan fingerprint density at radius 1 is 1.28 bits per heavy atom. The van der Waals surface area contributed by atoms with E-state index >= 15 is 0 Å². The van der Waals surface area contributed by atoms with Crippen LogP contribution in [0, 0.1) is 5.92 Å². The fraction of sp³-hybridized carbons (Fsp3) is 0.500. The molecule has 9 heteroatoms. The third-order valence-electron chi connectivity index (χ3n) is 3.83. The number of halogens is 3. The molecule has 0 unspecified atom stereocenters. The second-order valence-electron chi connectivity index (χ2n) is 5.69. The first-order valence-electron chi connectivity index (χ1n) is 7.80. The summed E-state index contributed by atoms with van der Waals surface area (Å²) in [5, 5.41) is 12.7. The van der Waals surface area contributed by atoms with E-state index in [0.29, 0.717) is 26.1 Å². The molecule has 1 amide bonds. The number of piperidine rings is 1. The van der Waals surface area contributed by atoms with Gasteiger partial charge in [-0.05, 0) is 36.5 Å². The maximum atomic E-state index is 12.1. The number of carbonyl (C=O) groups is 1. The number of rotatable bonds is 6. The zero-order valence-electron chi connectivity index (χ0n) is 13.4. The summed E-state index contributed by atoms with van der Waals surface area (Å²) in [6.07, 6.45) is -2.16. The van der Waals surface area contributed by atoms with Crippen LogP contribution in [0.25, 0.3) is 0 Å². The Bertz CT molecular complexity index is 582. The van der Waals surface area contributed by atoms with E-state index in [1.807, 2.05) is 0 Å². The van der Waals surface area contributed by atoms with E-state index in [2.05, 4.69) is 9.89 Å². The number of hydrogen-bond donors (Lipinski definition) is 1. The molecule has 25 heavy (non-hydrogen) atoms. The van der Waals surface area contributed by atoms with Gasteiger partial charge in [-0.3, -0.25) is 0 Å². The van der Waals surface area contributed by atoms with Crippen LogP contribution in [0.3, 0.4) is 0 Å². The third kappa shape index (κ3) is 6.90. The molecule has 0 radical (unpaired) electrons. The van der Waals surface area contributed by atoms with Crippen LogP contribution in [0.4, 0.5) is 18.0 Å². The molecule has 2 rings (SSSR count). The molecule has 1 aromatic carbocycles. The van der Waals surface area contributed by atoms with E-state index in [4.69, 9.17) is 9.94 Å². The van der Waals surface area contributed by atoms with Gasteiger partial charge < -0.3 is 19.6 Å². The molecule has 6 nitrogen and oxygen atoms in total. The van der Waals surface area contributed by atoms with E-state index in [1.165, 1.54) is 35.4 Å². The first-order chi connectivity index (χ1) is 11.8. The van der Waals surface area contributed by atoms with Gasteiger partial charge in [0.1, 0.15) is 12.4 Å². The molecule has 0 aliphatic carbocycles. The zero-order chi connectivity index (χ0) is 18.3. The van der Waals surface area contributed by atoms with Gasteiger partial charge >= 0.3 is 12.5 Å². The molecule has 138 valence electrons. The summed E-state index contributed by atoms with van der Waals surface area (Å²) >= 11 is 0. The Labute approximate surface area is 142 Å². The fourth-order valence-electron chi connectivity index (χ4n) is 2.46. The van der Waals surface area contributed by atoms with Crippen molar-refractivity contribution in [3.63, 3.8) is 0 Å². The zero-order valence-corrected chi connectivity index (χ0v) is 13.4. The number of alkyl halides is 3. The van der Waals surface area contributed by atoms with Crippen molar-refractivity contribution in [1.29, 1.82) is 0 Å². The molecule has 1 saturated heterocycles. The molecule has 1 aliphatic rings. The average molecular weight is 360 g/mol. The lowest BCUT2D eigenvalue weighted by Crippen LogP contribution is -2.38. The summed E-state index contributed by atoms with van der Waals surface area (Å²) < 4.78 is 39.9. The van der Waals surface area contributed by atoms with Gasteiger partial charge in [0.05, 0.1) is 0 Å². The number of likely N-dealkylation sites (tertiary alicyclic amines) is 1. The van der Waals surface area contributed by atoms with E-state index < -0.39 is 12.5 Å². The monoisotopic (exact) mass is 360 g/mol. The summed E-state index contributed by atoms with van der Waals surface area (Å²) in [5.41, 5.74) is 0.775. The van der Waals surface area contributed by atoms with E-state index in [-0.39, 0.29) is 11.7 Å². The highest BCUT2D eigenvalue weighted by Gasteiger charge is 2.30. The van der Waals surface area contributed by atoms with Crippen LogP contribution in [-0.4, -0.2) is 48.4 Å². The van der Waals surface area contributed by atoms with Gasteiger partial charge in [-0.15, -0.1) is 13.2 Å². The predicted octanol–water partition coefficient (Wildman–Crippen LogP) is 3.52. The fourth-order valence-corrected chi connectivity index (χ4v) is 2.46. The standard InChI is InChI=1S/C16H19F3N2O4/c17-16(18,19)25-14-3-1-12(2-4-14)5-8-20-24-11-13-6-9-21(10-7-13)15(22)23/h1-4,8,13H,5-7,9-11H2,(H,22,23). The van der Waals surface area contributed by atoms with Crippen molar-refractivity contribution < 1.29 is 32.6 Å². The Hall–Kier alpha value is -2.45. The molecule has 1 aromatic rings. The molecule has 0 aromatic heterocycles. The van der Waals surface area contributed by atoms with Crippen LogP contribution in [0.15, 0.2) is 29.4 Å². The quantitative estimate of drug-likeness (QED) is 0.622. The minimum absolute atomic E-state index is 0.267. The number of benzene rings is 1. The highest BCUT2D eigenvalue weighted by molar-refractivity contribution is 5.65. The molecule has 0 spiro atoms. The SMILES string of the molecule is O=C(O)N1CCC(CON=CCc2ccc(OC(F)(F)F)cc2)CC1. The van der Waals surface area contributed by atoms with Crippen LogP contribution < -0.4 is 4.74 Å². The van der Waals surface area contributed by atoms with Crippen molar-refractivity contribution in [3.05, 3.63) is 29.8 Å². The van der Waals surface area contributed by atoms with Gasteiger partial charge in [0.2, 0.25) is 0 Å². The van der Waals surface area contributed by atoms with Crippen LogP contribution in [0.2, 0.25) is 0 Å². The molecule has 0 bridgehead atoms. The summed E-state index contributed by atoms with van der Waals surface area (Å²) in [6, 6.07) is 5.53. The number of ether oxygens (including phenoxy) is 1. The third-order valence-corrected chi connectivity index (χ3v) is 3.83. The molecule has 0 saturated carbocycles. The maximum absolute atomic E-state index is 12.1. The van der Waals surface area contributed by atoms with Gasteiger partial charge in [-0.2, -0.15) is 0 Å². The number of hydrogen-bond acceptors (Lipinski definition) is 4. The summed E-state index contributed by atoms with van der Waals surface area (Å²) in [6.45, 7) is 1.42. The van der Waals surface area contributed by atoms with Crippen molar-refractivity contribution in [2.45, 2.75) is 25.6 Å².